The molecular formula is C11H10F2N2O2S. The van der Waals surface area contributed by atoms with Crippen LogP contribution in [0.3, 0.4) is 0 Å². The van der Waals surface area contributed by atoms with Crippen LogP contribution in [0.2, 0.25) is 0 Å². The largest absolute Gasteiger partial charge is 0.481 e. The number of benzene rings is 1. The standard InChI is InChI=1S/C11H10F2N2O2S/c1-2-15-10-7(4-3-6(12)9(10)13)14-11(15)18-5-8(16)17/h3-4H,2,5H2,1H3,(H,16,17). The summed E-state index contributed by atoms with van der Waals surface area (Å²) >= 11 is 0.983. The molecule has 0 radical (unpaired) electrons. The summed E-state index contributed by atoms with van der Waals surface area (Å²) < 4.78 is 28.3. The molecule has 96 valence electrons. The number of fused-ring (bicyclic) bond motifs is 1. The number of aliphatic carboxylic acids is 1. The van der Waals surface area contributed by atoms with Gasteiger partial charge in [-0.15, -0.1) is 0 Å². The average molecular weight is 272 g/mol. The van der Waals surface area contributed by atoms with Crippen LogP contribution < -0.4 is 0 Å². The van der Waals surface area contributed by atoms with Gasteiger partial charge in [-0.1, -0.05) is 11.8 Å². The van der Waals surface area contributed by atoms with Crippen molar-refractivity contribution in [2.24, 2.45) is 0 Å². The SMILES string of the molecule is CCn1c(SCC(=O)O)nc2ccc(F)c(F)c21. The third-order valence-corrected chi connectivity index (χ3v) is 3.37. The number of halogens is 2. The molecule has 18 heavy (non-hydrogen) atoms. The minimum absolute atomic E-state index is 0.0744. The van der Waals surface area contributed by atoms with Crippen molar-refractivity contribution < 1.29 is 18.7 Å². The highest BCUT2D eigenvalue weighted by Gasteiger charge is 2.17. The zero-order valence-electron chi connectivity index (χ0n) is 9.48. The third-order valence-electron chi connectivity index (χ3n) is 2.41. The predicted octanol–water partition coefficient (Wildman–Crippen LogP) is 2.51. The van der Waals surface area contributed by atoms with Crippen LogP contribution >= 0.6 is 11.8 Å². The monoisotopic (exact) mass is 272 g/mol. The second-order valence-electron chi connectivity index (χ2n) is 3.55. The maximum atomic E-state index is 13.7. The Kier molecular flexibility index (Phi) is 3.51. The molecule has 2 rings (SSSR count). The van der Waals surface area contributed by atoms with Gasteiger partial charge in [-0.05, 0) is 19.1 Å². The molecule has 0 bridgehead atoms. The molecule has 0 saturated carbocycles. The molecule has 0 unspecified atom stereocenters. The molecule has 1 aromatic carbocycles. The Labute approximate surface area is 106 Å². The molecule has 0 amide bonds. The fourth-order valence-electron chi connectivity index (χ4n) is 1.67. The topological polar surface area (TPSA) is 55.1 Å². The Morgan fingerprint density at radius 2 is 2.22 bits per heavy atom. The van der Waals surface area contributed by atoms with E-state index in [9.17, 15) is 13.6 Å². The van der Waals surface area contributed by atoms with Gasteiger partial charge in [0.2, 0.25) is 0 Å². The first kappa shape index (κ1) is 12.8. The molecule has 0 aliphatic heterocycles. The summed E-state index contributed by atoms with van der Waals surface area (Å²) in [5.74, 6) is -3.05. The molecule has 7 heteroatoms. The van der Waals surface area contributed by atoms with Crippen molar-refractivity contribution in [1.82, 2.24) is 9.55 Å². The summed E-state index contributed by atoms with van der Waals surface area (Å²) in [6, 6.07) is 2.39. The van der Waals surface area contributed by atoms with E-state index in [2.05, 4.69) is 4.98 Å². The van der Waals surface area contributed by atoms with Gasteiger partial charge in [-0.3, -0.25) is 4.79 Å². The van der Waals surface area contributed by atoms with Crippen molar-refractivity contribution >= 4 is 28.8 Å². The van der Waals surface area contributed by atoms with Gasteiger partial charge >= 0.3 is 5.97 Å². The third kappa shape index (κ3) is 2.17. The van der Waals surface area contributed by atoms with E-state index in [1.807, 2.05) is 0 Å². The summed E-state index contributed by atoms with van der Waals surface area (Å²) in [5.41, 5.74) is 0.397. The first-order chi connectivity index (χ1) is 8.54. The van der Waals surface area contributed by atoms with Crippen LogP contribution in [0, 0.1) is 11.6 Å². The molecule has 0 fully saturated rings. The lowest BCUT2D eigenvalue weighted by molar-refractivity contribution is -0.133. The van der Waals surface area contributed by atoms with Crippen molar-refractivity contribution in [2.75, 3.05) is 5.75 Å². The highest BCUT2D eigenvalue weighted by Crippen LogP contribution is 2.27. The molecule has 0 saturated heterocycles. The van der Waals surface area contributed by atoms with Crippen LogP contribution in [0.4, 0.5) is 8.78 Å². The molecule has 1 aromatic heterocycles. The van der Waals surface area contributed by atoms with Gasteiger partial charge in [0.25, 0.3) is 0 Å². The van der Waals surface area contributed by atoms with E-state index in [0.717, 1.165) is 17.8 Å². The van der Waals surface area contributed by atoms with Crippen molar-refractivity contribution in [3.8, 4) is 0 Å². The van der Waals surface area contributed by atoms with Gasteiger partial charge in [-0.25, -0.2) is 13.8 Å². The lowest BCUT2D eigenvalue weighted by Crippen LogP contribution is -2.03. The molecule has 2 aromatic rings. The first-order valence-corrected chi connectivity index (χ1v) is 6.22. The lowest BCUT2D eigenvalue weighted by atomic mass is 10.3. The lowest BCUT2D eigenvalue weighted by Gasteiger charge is -2.04. The average Bonchev–Trinajstić information content (AvgIpc) is 2.69. The summed E-state index contributed by atoms with van der Waals surface area (Å²) in [6.45, 7) is 2.15. The van der Waals surface area contributed by atoms with E-state index in [1.165, 1.54) is 10.6 Å². The van der Waals surface area contributed by atoms with Crippen molar-refractivity contribution in [3.63, 3.8) is 0 Å². The van der Waals surface area contributed by atoms with E-state index in [1.54, 1.807) is 6.92 Å². The molecule has 1 heterocycles. The van der Waals surface area contributed by atoms with Crippen LogP contribution in [0.15, 0.2) is 17.3 Å². The number of aryl methyl sites for hydroxylation is 1. The van der Waals surface area contributed by atoms with Crippen LogP contribution in [0.1, 0.15) is 6.92 Å². The number of hydrogen-bond donors (Lipinski definition) is 1. The molecule has 4 nitrogen and oxygen atoms in total. The quantitative estimate of drug-likeness (QED) is 0.869. The summed E-state index contributed by atoms with van der Waals surface area (Å²) in [6.07, 6.45) is 0. The van der Waals surface area contributed by atoms with Crippen LogP contribution in [0.25, 0.3) is 11.0 Å². The van der Waals surface area contributed by atoms with E-state index in [4.69, 9.17) is 5.11 Å². The number of carboxylic acid groups (broad SMARTS) is 1. The highest BCUT2D eigenvalue weighted by atomic mass is 32.2. The van der Waals surface area contributed by atoms with E-state index < -0.39 is 17.6 Å². The Morgan fingerprint density at radius 3 is 2.83 bits per heavy atom. The fourth-order valence-corrected chi connectivity index (χ4v) is 2.46. The highest BCUT2D eigenvalue weighted by molar-refractivity contribution is 7.99. The minimum atomic E-state index is -0.985. The van der Waals surface area contributed by atoms with Gasteiger partial charge in [0.05, 0.1) is 11.3 Å². The van der Waals surface area contributed by atoms with Crippen LogP contribution in [-0.4, -0.2) is 26.4 Å². The normalized spacial score (nSPS) is 11.1. The maximum absolute atomic E-state index is 13.7. The predicted molar refractivity (Wildman–Crippen MR) is 63.7 cm³/mol. The Hall–Kier alpha value is -1.63. The molecule has 0 atom stereocenters. The van der Waals surface area contributed by atoms with Crippen LogP contribution in [-0.2, 0) is 11.3 Å². The number of hydrogen-bond acceptors (Lipinski definition) is 3. The molecule has 0 aliphatic rings. The van der Waals surface area contributed by atoms with E-state index >= 15 is 0 Å². The number of carboxylic acids is 1. The molecule has 0 spiro atoms. The second-order valence-corrected chi connectivity index (χ2v) is 4.49. The molecular weight excluding hydrogens is 262 g/mol. The number of imidazole rings is 1. The van der Waals surface area contributed by atoms with E-state index in [-0.39, 0.29) is 11.3 Å². The Morgan fingerprint density at radius 1 is 1.50 bits per heavy atom. The van der Waals surface area contributed by atoms with Gasteiger partial charge in [0, 0.05) is 6.54 Å². The van der Waals surface area contributed by atoms with Crippen molar-refractivity contribution in [3.05, 3.63) is 23.8 Å². The number of thioether (sulfide) groups is 1. The number of nitrogens with zero attached hydrogens (tertiary/aromatic N) is 2. The maximum Gasteiger partial charge on any atom is 0.313 e. The van der Waals surface area contributed by atoms with Gasteiger partial charge in [0.1, 0.15) is 5.52 Å². The van der Waals surface area contributed by atoms with Gasteiger partial charge in [0.15, 0.2) is 16.8 Å². The Bertz CT molecular complexity index is 613. The minimum Gasteiger partial charge on any atom is -0.481 e. The zero-order chi connectivity index (χ0) is 13.3. The van der Waals surface area contributed by atoms with Crippen molar-refractivity contribution in [1.29, 1.82) is 0 Å². The van der Waals surface area contributed by atoms with E-state index in [0.29, 0.717) is 17.2 Å². The smallest absolute Gasteiger partial charge is 0.313 e. The number of rotatable bonds is 4. The number of aromatic nitrogens is 2. The summed E-state index contributed by atoms with van der Waals surface area (Å²) in [7, 11) is 0. The first-order valence-electron chi connectivity index (χ1n) is 5.23. The summed E-state index contributed by atoms with van der Waals surface area (Å²) in [5, 5.41) is 8.99. The second kappa shape index (κ2) is 4.93. The van der Waals surface area contributed by atoms with Gasteiger partial charge in [-0.2, -0.15) is 0 Å². The van der Waals surface area contributed by atoms with Crippen LogP contribution in [0.5, 0.6) is 0 Å². The zero-order valence-corrected chi connectivity index (χ0v) is 10.3. The number of carbonyl (C=O) groups is 1. The molecule has 1 N–H and O–H groups in total. The summed E-state index contributed by atoms with van der Waals surface area (Å²) in [4.78, 5) is 14.6. The van der Waals surface area contributed by atoms with Crippen molar-refractivity contribution in [2.45, 2.75) is 18.6 Å². The fraction of sp³-hybridized carbons (Fsp3) is 0.273. The molecule has 0 aliphatic carbocycles. The Balaban J connectivity index is 2.55. The van der Waals surface area contributed by atoms with Gasteiger partial charge < -0.3 is 9.67 Å².